The van der Waals surface area contributed by atoms with Crippen molar-refractivity contribution in [2.24, 2.45) is 28.3 Å². The van der Waals surface area contributed by atoms with E-state index < -0.39 is 70.8 Å². The minimum absolute atomic E-state index is 0.0218. The SMILES string of the molecule is C[C@H](CC(=O)[C@H](CCCN=C(N)N)NC(=O)[C@H](C)CC(=O)CC[C@H](NC(=O)c1ccc(NCc2cnc3nc(N)[nH]c(=O)c3n2)cc1)C(=O)O)C(=O)N[C@@H](C)C(=O)CCCS. The molecule has 0 bridgehead atoms. The molecule has 0 saturated heterocycles. The van der Waals surface area contributed by atoms with Crippen molar-refractivity contribution in [3.8, 4) is 0 Å². The van der Waals surface area contributed by atoms with Crippen LogP contribution in [0.2, 0.25) is 0 Å². The van der Waals surface area contributed by atoms with Crippen molar-refractivity contribution in [3.63, 3.8) is 0 Å². The predicted octanol–water partition coefficient (Wildman–Crippen LogP) is 0.383. The smallest absolute Gasteiger partial charge is 0.326 e. The fraction of sp³-hybridized carbons (Fsp3) is 0.487. The molecule has 2 heterocycles. The number of aliphatic imine (C=N–C) groups is 1. The van der Waals surface area contributed by atoms with Crippen molar-refractivity contribution in [1.82, 2.24) is 35.9 Å². The van der Waals surface area contributed by atoms with Crippen LogP contribution in [0.25, 0.3) is 11.2 Å². The number of fused-ring (bicyclic) bond motifs is 1. The summed E-state index contributed by atoms with van der Waals surface area (Å²) in [6, 6.07) is 2.90. The molecule has 0 radical (unpaired) electrons. The number of aromatic nitrogens is 4. The van der Waals surface area contributed by atoms with E-state index in [1.807, 2.05) is 0 Å². The topological polar surface area (TPSA) is 350 Å². The number of hydrogen-bond acceptors (Lipinski definition) is 15. The van der Waals surface area contributed by atoms with Crippen molar-refractivity contribution in [2.45, 2.75) is 96.8 Å². The van der Waals surface area contributed by atoms with Crippen LogP contribution in [0.15, 0.2) is 40.2 Å². The molecule has 2 aromatic heterocycles. The quantitative estimate of drug-likeness (QED) is 0.0226. The summed E-state index contributed by atoms with van der Waals surface area (Å²) >= 11 is 4.09. The maximum absolute atomic E-state index is 13.4. The number of carbonyl (C=O) groups is 7. The van der Waals surface area contributed by atoms with Crippen LogP contribution in [-0.4, -0.2) is 102 Å². The summed E-state index contributed by atoms with van der Waals surface area (Å²) < 4.78 is 0. The summed E-state index contributed by atoms with van der Waals surface area (Å²) in [5, 5.41) is 20.6. The number of nitrogen functional groups attached to an aromatic ring is 1. The lowest BCUT2D eigenvalue weighted by molar-refractivity contribution is -0.139. The summed E-state index contributed by atoms with van der Waals surface area (Å²) in [7, 11) is 0. The fourth-order valence-corrected chi connectivity index (χ4v) is 6.06. The number of aliphatic carboxylic acids is 1. The number of thiol groups is 1. The number of carboxylic acid groups (broad SMARTS) is 1. The third-order valence-corrected chi connectivity index (χ3v) is 9.75. The maximum Gasteiger partial charge on any atom is 0.326 e. The lowest BCUT2D eigenvalue weighted by atomic mass is 9.94. The lowest BCUT2D eigenvalue weighted by Crippen LogP contribution is -2.46. The van der Waals surface area contributed by atoms with E-state index in [-0.39, 0.29) is 86.0 Å². The van der Waals surface area contributed by atoms with Gasteiger partial charge < -0.3 is 43.6 Å². The highest BCUT2D eigenvalue weighted by Crippen LogP contribution is 2.15. The number of anilines is 2. The highest BCUT2D eigenvalue weighted by molar-refractivity contribution is 7.80. The van der Waals surface area contributed by atoms with Crippen LogP contribution in [0.3, 0.4) is 0 Å². The molecule has 3 aromatic rings. The Morgan fingerprint density at radius 1 is 0.852 bits per heavy atom. The fourth-order valence-electron chi connectivity index (χ4n) is 5.90. The molecule has 3 rings (SSSR count). The van der Waals surface area contributed by atoms with Gasteiger partial charge in [-0.2, -0.15) is 17.6 Å². The lowest BCUT2D eigenvalue weighted by Gasteiger charge is -2.22. The van der Waals surface area contributed by atoms with Gasteiger partial charge in [0.15, 0.2) is 28.7 Å². The molecule has 0 fully saturated rings. The van der Waals surface area contributed by atoms with E-state index >= 15 is 0 Å². The number of benzene rings is 1. The number of ketones is 3. The zero-order chi connectivity index (χ0) is 45.2. The van der Waals surface area contributed by atoms with Crippen LogP contribution in [0, 0.1) is 11.8 Å². The Balaban J connectivity index is 1.52. The van der Waals surface area contributed by atoms with E-state index in [4.69, 9.17) is 17.2 Å². The largest absolute Gasteiger partial charge is 0.480 e. The van der Waals surface area contributed by atoms with Crippen LogP contribution < -0.4 is 44.0 Å². The summed E-state index contributed by atoms with van der Waals surface area (Å²) in [6.07, 6.45) is 1.65. The van der Waals surface area contributed by atoms with Crippen LogP contribution in [0.1, 0.15) is 88.2 Å². The zero-order valence-corrected chi connectivity index (χ0v) is 35.1. The second-order valence-electron chi connectivity index (χ2n) is 14.6. The third kappa shape index (κ3) is 16.3. The molecule has 61 heavy (non-hydrogen) atoms. The third-order valence-electron chi connectivity index (χ3n) is 9.43. The molecular formula is C39H54N12O9S. The summed E-state index contributed by atoms with van der Waals surface area (Å²) in [6.45, 7) is 4.93. The van der Waals surface area contributed by atoms with E-state index in [9.17, 15) is 43.5 Å². The molecule has 330 valence electrons. The first kappa shape index (κ1) is 48.9. The minimum Gasteiger partial charge on any atom is -0.480 e. The van der Waals surface area contributed by atoms with Gasteiger partial charge in [0, 0.05) is 55.3 Å². The zero-order valence-electron chi connectivity index (χ0n) is 34.2. The van der Waals surface area contributed by atoms with E-state index in [1.165, 1.54) is 32.2 Å². The van der Waals surface area contributed by atoms with Crippen molar-refractivity contribution < 1.29 is 38.7 Å². The highest BCUT2D eigenvalue weighted by Gasteiger charge is 2.29. The molecule has 1 aromatic carbocycles. The van der Waals surface area contributed by atoms with E-state index in [0.29, 0.717) is 30.0 Å². The number of nitrogens with two attached hydrogens (primary N) is 3. The molecule has 0 aliphatic rings. The van der Waals surface area contributed by atoms with Gasteiger partial charge in [0.25, 0.3) is 11.5 Å². The number of aromatic amines is 1. The number of guanidine groups is 1. The van der Waals surface area contributed by atoms with Gasteiger partial charge in [-0.15, -0.1) is 0 Å². The summed E-state index contributed by atoms with van der Waals surface area (Å²) in [4.78, 5) is 120. The Morgan fingerprint density at radius 3 is 2.18 bits per heavy atom. The Labute approximate surface area is 356 Å². The molecule has 12 N–H and O–H groups in total. The molecule has 3 amide bonds. The first-order chi connectivity index (χ1) is 28.9. The van der Waals surface area contributed by atoms with Gasteiger partial charge in [0.1, 0.15) is 11.8 Å². The molecule has 0 spiro atoms. The maximum atomic E-state index is 13.4. The highest BCUT2D eigenvalue weighted by atomic mass is 32.1. The molecular weight excluding hydrogens is 813 g/mol. The standard InChI is InChI=1S/C39H54N12O9S/c1-20(34(56)48-27(6-4-14-43-38(40)41)30(54)17-21(2)33(55)46-22(3)29(53)7-5-15-61)16-26(52)12-13-28(37(59)60)49-35(57)23-8-10-24(11-9-23)44-18-25-19-45-32-31(47-25)36(58)51-39(42)50-32/h8-11,19-22,27-28,44,61H,4-7,12-18H2,1-3H3,(H,46,55)(H,48,56)(H,49,57)(H,59,60)(H4,40,41,43)(H3,42,45,50,51,58)/t20-,21-,22+,27+,28+/m1/s1. The monoisotopic (exact) mass is 866 g/mol. The van der Waals surface area contributed by atoms with Crippen molar-refractivity contribution in [2.75, 3.05) is 23.3 Å². The molecule has 21 nitrogen and oxygen atoms in total. The van der Waals surface area contributed by atoms with E-state index in [0.717, 1.165) is 0 Å². The molecule has 0 saturated carbocycles. The Bertz CT molecular complexity index is 2140. The number of rotatable bonds is 26. The van der Waals surface area contributed by atoms with Crippen LogP contribution in [0.4, 0.5) is 11.6 Å². The average Bonchev–Trinajstić information content (AvgIpc) is 3.21. The van der Waals surface area contributed by atoms with Gasteiger partial charge in [0.2, 0.25) is 17.8 Å². The van der Waals surface area contributed by atoms with Crippen LogP contribution in [0.5, 0.6) is 0 Å². The average molecular weight is 867 g/mol. The minimum atomic E-state index is -1.42. The Kier molecular flexibility index (Phi) is 19.2. The number of hydrogen-bond donors (Lipinski definition) is 10. The van der Waals surface area contributed by atoms with E-state index in [1.54, 1.807) is 19.1 Å². The first-order valence-corrected chi connectivity index (χ1v) is 20.2. The second-order valence-corrected chi connectivity index (χ2v) is 15.0. The summed E-state index contributed by atoms with van der Waals surface area (Å²) in [5.41, 5.74) is 17.1. The molecule has 5 atom stereocenters. The number of amides is 3. The summed E-state index contributed by atoms with van der Waals surface area (Å²) in [5.74, 6) is -5.65. The normalized spacial score (nSPS) is 13.4. The molecule has 0 unspecified atom stereocenters. The van der Waals surface area contributed by atoms with Gasteiger partial charge in [-0.3, -0.25) is 43.5 Å². The van der Waals surface area contributed by atoms with Crippen molar-refractivity contribution in [1.29, 1.82) is 0 Å². The number of carbonyl (C=O) groups excluding carboxylic acids is 6. The van der Waals surface area contributed by atoms with Gasteiger partial charge in [-0.05, 0) is 62.6 Å². The Hall–Kier alpha value is -6.45. The molecule has 0 aliphatic carbocycles. The number of H-pyrrole nitrogens is 1. The van der Waals surface area contributed by atoms with Crippen molar-refractivity contribution >= 4 is 82.4 Å². The van der Waals surface area contributed by atoms with Gasteiger partial charge >= 0.3 is 5.97 Å². The molecule has 22 heteroatoms. The molecule has 0 aliphatic heterocycles. The van der Waals surface area contributed by atoms with Crippen molar-refractivity contribution in [3.05, 3.63) is 52.1 Å². The number of Topliss-reactive ketones (excluding diaryl/α,β-unsaturated/α-hetero) is 3. The van der Waals surface area contributed by atoms with Crippen LogP contribution in [-0.2, 0) is 35.3 Å². The second kappa shape index (κ2) is 24.0. The first-order valence-electron chi connectivity index (χ1n) is 19.6. The van der Waals surface area contributed by atoms with E-state index in [2.05, 4.69) is 58.8 Å². The van der Waals surface area contributed by atoms with Gasteiger partial charge in [-0.25, -0.2) is 14.8 Å². The Morgan fingerprint density at radius 2 is 1.52 bits per heavy atom. The van der Waals surface area contributed by atoms with Crippen LogP contribution >= 0.6 is 12.6 Å². The number of carboxylic acids is 1. The number of nitrogens with one attached hydrogen (secondary N) is 5. The number of nitrogens with zero attached hydrogens (tertiary/aromatic N) is 4. The van der Waals surface area contributed by atoms with Gasteiger partial charge in [0.05, 0.1) is 30.5 Å². The predicted molar refractivity (Wildman–Crippen MR) is 229 cm³/mol. The van der Waals surface area contributed by atoms with Gasteiger partial charge in [-0.1, -0.05) is 13.8 Å².